The van der Waals surface area contributed by atoms with Crippen LogP contribution in [0.5, 0.6) is 0 Å². The number of hydrogen-bond acceptors (Lipinski definition) is 2. The molecule has 1 heterocycles. The van der Waals surface area contributed by atoms with Gasteiger partial charge in [0.1, 0.15) is 17.3 Å². The molecule has 0 saturated carbocycles. The second-order valence-electron chi connectivity index (χ2n) is 6.07. The van der Waals surface area contributed by atoms with Crippen LogP contribution < -0.4 is 10.6 Å². The zero-order valence-electron chi connectivity index (χ0n) is 14.9. The molecule has 0 bridgehead atoms. The van der Waals surface area contributed by atoms with Crippen LogP contribution in [0.4, 0.5) is 51.3 Å². The zero-order valence-corrected chi connectivity index (χ0v) is 14.9. The van der Waals surface area contributed by atoms with E-state index in [1.807, 2.05) is 0 Å². The van der Waals surface area contributed by atoms with Gasteiger partial charge in [0.25, 0.3) is 0 Å². The Bertz CT molecular complexity index is 1100. The number of nitrogens with one attached hydrogen (secondary N) is 2. The van der Waals surface area contributed by atoms with Crippen molar-refractivity contribution in [3.63, 3.8) is 0 Å². The molecule has 164 valence electrons. The summed E-state index contributed by atoms with van der Waals surface area (Å²) >= 11 is 0. The molecule has 0 saturated heterocycles. The van der Waals surface area contributed by atoms with Crippen LogP contribution in [0.25, 0.3) is 5.69 Å². The predicted octanol–water partition coefficient (Wildman–Crippen LogP) is 5.83. The molecule has 0 radical (unpaired) electrons. The fourth-order valence-corrected chi connectivity index (χ4v) is 2.48. The third-order valence-corrected chi connectivity index (χ3v) is 3.84. The maximum Gasteiger partial charge on any atom is 0.435 e. The minimum Gasteiger partial charge on any atom is -0.308 e. The monoisotopic (exact) mass is 450 g/mol. The third kappa shape index (κ3) is 5.10. The number of carbonyl (C=O) groups excluding carboxylic acids is 1. The number of hydrogen-bond donors (Lipinski definition) is 2. The van der Waals surface area contributed by atoms with Crippen LogP contribution in [0.1, 0.15) is 11.4 Å². The van der Waals surface area contributed by atoms with Crippen LogP contribution >= 0.6 is 0 Å². The minimum atomic E-state index is -5.10. The number of benzene rings is 2. The molecule has 0 atom stereocenters. The summed E-state index contributed by atoms with van der Waals surface area (Å²) in [4.78, 5) is 11.9. The van der Waals surface area contributed by atoms with Gasteiger partial charge in [-0.2, -0.15) is 31.4 Å². The van der Waals surface area contributed by atoms with Crippen molar-refractivity contribution in [3.05, 3.63) is 71.6 Å². The quantitative estimate of drug-likeness (QED) is 0.494. The summed E-state index contributed by atoms with van der Waals surface area (Å²) < 4.78 is 104. The Morgan fingerprint density at radius 3 is 2.03 bits per heavy atom. The first-order valence-electron chi connectivity index (χ1n) is 8.22. The lowest BCUT2D eigenvalue weighted by atomic mass is 10.2. The van der Waals surface area contributed by atoms with Gasteiger partial charge in [0.15, 0.2) is 5.69 Å². The molecule has 0 aliphatic heterocycles. The maximum atomic E-state index is 13.5. The highest BCUT2D eigenvalue weighted by molar-refractivity contribution is 5.99. The Morgan fingerprint density at radius 2 is 1.48 bits per heavy atom. The Kier molecular flexibility index (Phi) is 5.61. The van der Waals surface area contributed by atoms with Crippen molar-refractivity contribution < 1.29 is 39.9 Å². The number of halogens is 8. The standard InChI is InChI=1S/C18H10F8N4O/c19-9-1-6-13(12(20)7-9)28-16(31)27-10-2-4-11(5-3-10)30-15(18(24,25)26)8-14(29-30)17(21,22)23/h1-8H,(H2,27,28,31). The van der Waals surface area contributed by atoms with Crippen molar-refractivity contribution in [2.75, 3.05) is 10.6 Å². The van der Waals surface area contributed by atoms with E-state index in [-0.39, 0.29) is 27.8 Å². The van der Waals surface area contributed by atoms with Gasteiger partial charge < -0.3 is 10.6 Å². The molecule has 0 aliphatic rings. The van der Waals surface area contributed by atoms with Gasteiger partial charge in [-0.05, 0) is 36.4 Å². The first-order valence-corrected chi connectivity index (χ1v) is 8.22. The van der Waals surface area contributed by atoms with Crippen LogP contribution in [0.3, 0.4) is 0 Å². The first kappa shape index (κ1) is 22.1. The van der Waals surface area contributed by atoms with Gasteiger partial charge in [-0.3, -0.25) is 0 Å². The highest BCUT2D eigenvalue weighted by atomic mass is 19.4. The molecule has 2 aromatic carbocycles. The normalized spacial score (nSPS) is 12.0. The number of urea groups is 1. The van der Waals surface area contributed by atoms with Gasteiger partial charge in [-0.1, -0.05) is 0 Å². The molecule has 2 amide bonds. The molecule has 3 aromatic rings. The smallest absolute Gasteiger partial charge is 0.308 e. The lowest BCUT2D eigenvalue weighted by Gasteiger charge is -2.12. The van der Waals surface area contributed by atoms with E-state index in [0.717, 1.165) is 36.4 Å². The summed E-state index contributed by atoms with van der Waals surface area (Å²) in [5.41, 5.74) is -4.01. The van der Waals surface area contributed by atoms with E-state index >= 15 is 0 Å². The van der Waals surface area contributed by atoms with E-state index in [9.17, 15) is 39.9 Å². The van der Waals surface area contributed by atoms with Crippen molar-refractivity contribution in [2.45, 2.75) is 12.4 Å². The highest BCUT2D eigenvalue weighted by Crippen LogP contribution is 2.36. The van der Waals surface area contributed by atoms with Gasteiger partial charge in [-0.25, -0.2) is 18.3 Å². The van der Waals surface area contributed by atoms with Crippen molar-refractivity contribution >= 4 is 17.4 Å². The fraction of sp³-hybridized carbons (Fsp3) is 0.111. The van der Waals surface area contributed by atoms with E-state index < -0.39 is 41.4 Å². The Morgan fingerprint density at radius 1 is 0.839 bits per heavy atom. The number of anilines is 2. The number of alkyl halides is 6. The third-order valence-electron chi connectivity index (χ3n) is 3.84. The molecule has 1 aromatic heterocycles. The molecule has 0 spiro atoms. The number of aromatic nitrogens is 2. The molecule has 0 fully saturated rings. The number of rotatable bonds is 3. The van der Waals surface area contributed by atoms with Crippen molar-refractivity contribution in [2.24, 2.45) is 0 Å². The maximum absolute atomic E-state index is 13.5. The minimum absolute atomic E-state index is 0.0283. The van der Waals surface area contributed by atoms with Crippen LogP contribution in [0.2, 0.25) is 0 Å². The van der Waals surface area contributed by atoms with Crippen molar-refractivity contribution in [1.29, 1.82) is 0 Å². The largest absolute Gasteiger partial charge is 0.435 e. The highest BCUT2D eigenvalue weighted by Gasteiger charge is 2.42. The first-order chi connectivity index (χ1) is 14.3. The summed E-state index contributed by atoms with van der Waals surface area (Å²) in [6, 6.07) is 5.56. The Labute approximate surface area is 168 Å². The van der Waals surface area contributed by atoms with Gasteiger partial charge in [-0.15, -0.1) is 0 Å². The fourth-order valence-electron chi connectivity index (χ4n) is 2.48. The van der Waals surface area contributed by atoms with Gasteiger partial charge in [0.2, 0.25) is 0 Å². The lowest BCUT2D eigenvalue weighted by Crippen LogP contribution is -2.20. The molecule has 2 N–H and O–H groups in total. The molecule has 5 nitrogen and oxygen atoms in total. The average Bonchev–Trinajstić information content (AvgIpc) is 3.11. The van der Waals surface area contributed by atoms with Crippen molar-refractivity contribution in [1.82, 2.24) is 9.78 Å². The number of amides is 2. The summed E-state index contributed by atoms with van der Waals surface area (Å²) in [6.07, 6.45) is -10.2. The zero-order chi connectivity index (χ0) is 23.0. The Hall–Kier alpha value is -3.64. The van der Waals surface area contributed by atoms with E-state index in [4.69, 9.17) is 0 Å². The van der Waals surface area contributed by atoms with Crippen LogP contribution in [0, 0.1) is 11.6 Å². The molecule has 0 unspecified atom stereocenters. The van der Waals surface area contributed by atoms with Crippen molar-refractivity contribution in [3.8, 4) is 5.69 Å². The van der Waals surface area contributed by atoms with E-state index in [1.165, 1.54) is 0 Å². The van der Waals surface area contributed by atoms with Crippen LogP contribution in [0.15, 0.2) is 48.5 Å². The number of carbonyl (C=O) groups is 1. The molecule has 13 heteroatoms. The van der Waals surface area contributed by atoms with Crippen LogP contribution in [-0.4, -0.2) is 15.8 Å². The second-order valence-corrected chi connectivity index (χ2v) is 6.07. The predicted molar refractivity (Wildman–Crippen MR) is 92.6 cm³/mol. The SMILES string of the molecule is O=C(Nc1ccc(-n2nc(C(F)(F)F)cc2C(F)(F)F)cc1)Nc1ccc(F)cc1F. The second kappa shape index (κ2) is 7.89. The average molecular weight is 450 g/mol. The molecule has 31 heavy (non-hydrogen) atoms. The summed E-state index contributed by atoms with van der Waals surface area (Å²) in [6.45, 7) is 0. The van der Waals surface area contributed by atoms with E-state index in [2.05, 4.69) is 15.7 Å². The summed E-state index contributed by atoms with van der Waals surface area (Å²) in [7, 11) is 0. The van der Waals surface area contributed by atoms with Gasteiger partial charge in [0.05, 0.1) is 11.4 Å². The molecular weight excluding hydrogens is 440 g/mol. The Balaban J connectivity index is 1.80. The lowest BCUT2D eigenvalue weighted by molar-refractivity contribution is -0.143. The number of nitrogens with zero attached hydrogens (tertiary/aromatic N) is 2. The van der Waals surface area contributed by atoms with E-state index in [1.54, 1.807) is 0 Å². The summed E-state index contributed by atoms with van der Waals surface area (Å²) in [5, 5.41) is 7.32. The summed E-state index contributed by atoms with van der Waals surface area (Å²) in [5.74, 6) is -1.89. The topological polar surface area (TPSA) is 59.0 Å². The van der Waals surface area contributed by atoms with Crippen LogP contribution in [-0.2, 0) is 12.4 Å². The molecule has 0 aliphatic carbocycles. The van der Waals surface area contributed by atoms with Gasteiger partial charge >= 0.3 is 18.4 Å². The van der Waals surface area contributed by atoms with E-state index in [0.29, 0.717) is 6.07 Å². The van der Waals surface area contributed by atoms with Gasteiger partial charge in [0, 0.05) is 17.8 Å². The molecule has 3 rings (SSSR count). The molecular formula is C18H10F8N4O.